The van der Waals surface area contributed by atoms with E-state index >= 15 is 0 Å². The average molecular weight is 143 g/mol. The second-order valence-electron chi connectivity index (χ2n) is 2.51. The first kappa shape index (κ1) is 9.63. The molecule has 60 valence electrons. The van der Waals surface area contributed by atoms with Gasteiger partial charge < -0.3 is 5.32 Å². The number of likely N-dealkylation sites (N-methyl/N-ethyl adjacent to an activating group) is 1. The molecule has 0 spiro atoms. The van der Waals surface area contributed by atoms with Gasteiger partial charge in [0.2, 0.25) is 0 Å². The molecule has 0 aliphatic heterocycles. The number of nitrogens with one attached hydrogen (secondary N) is 1. The van der Waals surface area contributed by atoms with E-state index in [9.17, 15) is 4.79 Å². The SMILES string of the molecule is CCCC(NCC)C(C)=O. The zero-order valence-electron chi connectivity index (χ0n) is 7.11. The van der Waals surface area contributed by atoms with Crippen LogP contribution in [-0.4, -0.2) is 18.4 Å². The van der Waals surface area contributed by atoms with Gasteiger partial charge in [-0.3, -0.25) is 4.79 Å². The van der Waals surface area contributed by atoms with E-state index in [1.807, 2.05) is 6.92 Å². The van der Waals surface area contributed by atoms with Crippen LogP contribution >= 0.6 is 0 Å². The van der Waals surface area contributed by atoms with E-state index in [4.69, 9.17) is 0 Å². The Labute approximate surface area is 63.0 Å². The van der Waals surface area contributed by atoms with Crippen molar-refractivity contribution in [3.63, 3.8) is 0 Å². The van der Waals surface area contributed by atoms with Gasteiger partial charge in [0.05, 0.1) is 6.04 Å². The molecule has 0 radical (unpaired) electrons. The molecule has 0 amide bonds. The van der Waals surface area contributed by atoms with Crippen LogP contribution in [0.25, 0.3) is 0 Å². The minimum Gasteiger partial charge on any atom is -0.308 e. The van der Waals surface area contributed by atoms with Gasteiger partial charge in [-0.05, 0) is 19.9 Å². The van der Waals surface area contributed by atoms with Gasteiger partial charge in [-0.25, -0.2) is 0 Å². The molecule has 1 N–H and O–H groups in total. The minimum atomic E-state index is 0.0926. The summed E-state index contributed by atoms with van der Waals surface area (Å²) >= 11 is 0. The maximum Gasteiger partial charge on any atom is 0.146 e. The normalized spacial score (nSPS) is 13.1. The highest BCUT2D eigenvalue weighted by atomic mass is 16.1. The standard InChI is InChI=1S/C8H17NO/c1-4-6-8(7(3)10)9-5-2/h8-9H,4-6H2,1-3H3. The zero-order valence-corrected chi connectivity index (χ0v) is 7.11. The second-order valence-corrected chi connectivity index (χ2v) is 2.51. The van der Waals surface area contributed by atoms with E-state index in [1.165, 1.54) is 0 Å². The van der Waals surface area contributed by atoms with E-state index < -0.39 is 0 Å². The first-order chi connectivity index (χ1) is 4.72. The van der Waals surface area contributed by atoms with Crippen LogP contribution in [0, 0.1) is 0 Å². The third kappa shape index (κ3) is 3.62. The van der Waals surface area contributed by atoms with Gasteiger partial charge in [0, 0.05) is 0 Å². The second kappa shape index (κ2) is 5.42. The number of carbonyl (C=O) groups is 1. The summed E-state index contributed by atoms with van der Waals surface area (Å²) in [5.74, 6) is 0.253. The highest BCUT2D eigenvalue weighted by molar-refractivity contribution is 5.81. The summed E-state index contributed by atoms with van der Waals surface area (Å²) in [6.07, 6.45) is 2.03. The molecule has 10 heavy (non-hydrogen) atoms. The van der Waals surface area contributed by atoms with Crippen molar-refractivity contribution in [3.05, 3.63) is 0 Å². The van der Waals surface area contributed by atoms with Gasteiger partial charge >= 0.3 is 0 Å². The Hall–Kier alpha value is -0.370. The maximum absolute atomic E-state index is 10.9. The van der Waals surface area contributed by atoms with E-state index in [2.05, 4.69) is 12.2 Å². The molecular formula is C8H17NO. The summed E-state index contributed by atoms with van der Waals surface area (Å²) in [7, 11) is 0. The number of rotatable bonds is 5. The van der Waals surface area contributed by atoms with Gasteiger partial charge in [-0.2, -0.15) is 0 Å². The first-order valence-corrected chi connectivity index (χ1v) is 3.96. The Morgan fingerprint density at radius 1 is 1.50 bits per heavy atom. The molecule has 0 heterocycles. The van der Waals surface area contributed by atoms with Crippen LogP contribution in [0.3, 0.4) is 0 Å². The first-order valence-electron chi connectivity index (χ1n) is 3.96. The van der Waals surface area contributed by atoms with Gasteiger partial charge in [0.15, 0.2) is 0 Å². The molecule has 0 aliphatic rings. The van der Waals surface area contributed by atoms with E-state index in [1.54, 1.807) is 6.92 Å². The largest absolute Gasteiger partial charge is 0.308 e. The summed E-state index contributed by atoms with van der Waals surface area (Å²) in [6.45, 7) is 6.63. The van der Waals surface area contributed by atoms with Crippen molar-refractivity contribution in [2.75, 3.05) is 6.54 Å². The third-order valence-corrected chi connectivity index (χ3v) is 1.52. The van der Waals surface area contributed by atoms with Crippen molar-refractivity contribution in [3.8, 4) is 0 Å². The number of ketones is 1. The molecule has 0 aromatic rings. The number of Topliss-reactive ketones (excluding diaryl/α,β-unsaturated/α-hetero) is 1. The fourth-order valence-corrected chi connectivity index (χ4v) is 0.984. The van der Waals surface area contributed by atoms with Crippen molar-refractivity contribution >= 4 is 5.78 Å². The fourth-order valence-electron chi connectivity index (χ4n) is 0.984. The summed E-state index contributed by atoms with van der Waals surface area (Å²) < 4.78 is 0. The van der Waals surface area contributed by atoms with Crippen LogP contribution < -0.4 is 5.32 Å². The Kier molecular flexibility index (Phi) is 5.22. The summed E-state index contributed by atoms with van der Waals surface area (Å²) in [4.78, 5) is 10.9. The molecule has 0 aliphatic carbocycles. The molecule has 0 saturated heterocycles. The topological polar surface area (TPSA) is 29.1 Å². The van der Waals surface area contributed by atoms with Crippen LogP contribution in [0.15, 0.2) is 0 Å². The summed E-state index contributed by atoms with van der Waals surface area (Å²) in [6, 6.07) is 0.0926. The summed E-state index contributed by atoms with van der Waals surface area (Å²) in [5.41, 5.74) is 0. The highest BCUT2D eigenvalue weighted by Crippen LogP contribution is 1.96. The molecule has 0 saturated carbocycles. The van der Waals surface area contributed by atoms with Crippen LogP contribution in [0.5, 0.6) is 0 Å². The van der Waals surface area contributed by atoms with Crippen LogP contribution in [0.1, 0.15) is 33.6 Å². The van der Waals surface area contributed by atoms with Gasteiger partial charge in [0.25, 0.3) is 0 Å². The summed E-state index contributed by atoms with van der Waals surface area (Å²) in [5, 5.41) is 3.13. The highest BCUT2D eigenvalue weighted by Gasteiger charge is 2.09. The van der Waals surface area contributed by atoms with Gasteiger partial charge in [-0.15, -0.1) is 0 Å². The molecule has 0 aromatic heterocycles. The van der Waals surface area contributed by atoms with Crippen molar-refractivity contribution in [2.45, 2.75) is 39.7 Å². The Bertz CT molecular complexity index is 95.4. The molecule has 2 heteroatoms. The monoisotopic (exact) mass is 143 g/mol. The van der Waals surface area contributed by atoms with E-state index in [0.717, 1.165) is 19.4 Å². The van der Waals surface area contributed by atoms with Crippen molar-refractivity contribution in [2.24, 2.45) is 0 Å². The van der Waals surface area contributed by atoms with Crippen LogP contribution in [-0.2, 0) is 4.79 Å². The van der Waals surface area contributed by atoms with Crippen LogP contribution in [0.4, 0.5) is 0 Å². The van der Waals surface area contributed by atoms with Crippen molar-refractivity contribution in [1.29, 1.82) is 0 Å². The Morgan fingerprint density at radius 3 is 2.40 bits per heavy atom. The number of hydrogen-bond donors (Lipinski definition) is 1. The van der Waals surface area contributed by atoms with Gasteiger partial charge in [0.1, 0.15) is 5.78 Å². The molecule has 1 unspecified atom stereocenters. The van der Waals surface area contributed by atoms with E-state index in [-0.39, 0.29) is 11.8 Å². The van der Waals surface area contributed by atoms with Crippen molar-refractivity contribution in [1.82, 2.24) is 5.32 Å². The third-order valence-electron chi connectivity index (χ3n) is 1.52. The molecule has 0 bridgehead atoms. The van der Waals surface area contributed by atoms with E-state index in [0.29, 0.717) is 0 Å². The quantitative estimate of drug-likeness (QED) is 0.629. The maximum atomic E-state index is 10.9. The minimum absolute atomic E-state index is 0.0926. The zero-order chi connectivity index (χ0) is 7.98. The lowest BCUT2D eigenvalue weighted by molar-refractivity contribution is -0.119. The van der Waals surface area contributed by atoms with Gasteiger partial charge in [-0.1, -0.05) is 20.3 Å². The Morgan fingerprint density at radius 2 is 2.10 bits per heavy atom. The predicted molar refractivity (Wildman–Crippen MR) is 43.1 cm³/mol. The smallest absolute Gasteiger partial charge is 0.146 e. The molecule has 0 rings (SSSR count). The number of hydrogen-bond acceptors (Lipinski definition) is 2. The van der Waals surface area contributed by atoms with Crippen molar-refractivity contribution < 1.29 is 4.79 Å². The lowest BCUT2D eigenvalue weighted by Gasteiger charge is -2.12. The predicted octanol–water partition coefficient (Wildman–Crippen LogP) is 1.35. The Balaban J connectivity index is 3.61. The lowest BCUT2D eigenvalue weighted by atomic mass is 10.1. The average Bonchev–Trinajstić information content (AvgIpc) is 1.87. The number of carbonyl (C=O) groups excluding carboxylic acids is 1. The lowest BCUT2D eigenvalue weighted by Crippen LogP contribution is -2.34. The molecule has 1 atom stereocenters. The van der Waals surface area contributed by atoms with Crippen LogP contribution in [0.2, 0.25) is 0 Å². The molecular weight excluding hydrogens is 126 g/mol. The fraction of sp³-hybridized carbons (Fsp3) is 0.875. The molecule has 0 aromatic carbocycles. The molecule has 2 nitrogen and oxygen atoms in total. The molecule has 0 fully saturated rings.